The smallest absolute Gasteiger partial charge is 0.414 e. The van der Waals surface area contributed by atoms with E-state index in [1.165, 1.54) is 43.4 Å². The molecule has 0 aliphatic rings. The van der Waals surface area contributed by atoms with Crippen LogP contribution in [0.15, 0.2) is 79.4 Å². The van der Waals surface area contributed by atoms with E-state index in [4.69, 9.17) is 16.3 Å². The van der Waals surface area contributed by atoms with Gasteiger partial charge in [-0.3, -0.25) is 9.69 Å². The Balaban J connectivity index is 1.82. The number of carbonyl (C=O) groups excluding carboxylic acids is 2. The molecule has 35 heavy (non-hydrogen) atoms. The molecule has 0 bridgehead atoms. The zero-order chi connectivity index (χ0) is 25.1. The second kappa shape index (κ2) is 17.6. The van der Waals surface area contributed by atoms with Gasteiger partial charge in [-0.1, -0.05) is 86.4 Å². The number of ether oxygens (including phenoxy) is 1. The molecule has 0 saturated carbocycles. The highest BCUT2D eigenvalue weighted by Gasteiger charge is 2.22. The summed E-state index contributed by atoms with van der Waals surface area (Å²) >= 11 is 5.78. The molecule has 5 heteroatoms. The molecule has 188 valence electrons. The first kappa shape index (κ1) is 28.4. The first-order chi connectivity index (χ1) is 17.1. The van der Waals surface area contributed by atoms with Crippen molar-refractivity contribution in [1.82, 2.24) is 0 Å². The minimum absolute atomic E-state index is 0.168. The van der Waals surface area contributed by atoms with Crippen LogP contribution in [0.25, 0.3) is 0 Å². The lowest BCUT2D eigenvalue weighted by Crippen LogP contribution is -2.33. The maximum atomic E-state index is 13.0. The van der Waals surface area contributed by atoms with Crippen molar-refractivity contribution in [3.8, 4) is 0 Å². The highest BCUT2D eigenvalue weighted by atomic mass is 35.5. The van der Waals surface area contributed by atoms with Crippen molar-refractivity contribution in [3.63, 3.8) is 0 Å². The Morgan fingerprint density at radius 1 is 0.800 bits per heavy atom. The molecule has 0 unspecified atom stereocenters. The third-order valence-corrected chi connectivity index (χ3v) is 5.98. The van der Waals surface area contributed by atoms with E-state index in [2.05, 4.69) is 18.7 Å². The molecule has 0 radical (unpaired) electrons. The standard InChI is InChI=1S/C30H38ClNO3/c1-2-3-4-5-6-7-8-9-10-11-12-13-19-24-32(28-23-18-17-22-27(28)29(31)33)30(34)35-25-26-20-15-14-16-21-26/h2,11-12,14-18,20-23H,1,3-10,13,19,24-25H2. The minimum atomic E-state index is -0.595. The highest BCUT2D eigenvalue weighted by molar-refractivity contribution is 6.68. The predicted octanol–water partition coefficient (Wildman–Crippen LogP) is 8.85. The average Bonchev–Trinajstić information content (AvgIpc) is 2.88. The fourth-order valence-corrected chi connectivity index (χ4v) is 4.00. The molecule has 0 aliphatic heterocycles. The van der Waals surface area contributed by atoms with E-state index in [1.54, 1.807) is 24.3 Å². The quantitative estimate of drug-likeness (QED) is 0.125. The molecule has 0 fully saturated rings. The van der Waals surface area contributed by atoms with E-state index >= 15 is 0 Å². The molecule has 0 heterocycles. The van der Waals surface area contributed by atoms with Gasteiger partial charge in [0.15, 0.2) is 0 Å². The lowest BCUT2D eigenvalue weighted by Gasteiger charge is -2.23. The van der Waals surface area contributed by atoms with Gasteiger partial charge in [0.05, 0.1) is 11.3 Å². The van der Waals surface area contributed by atoms with Gasteiger partial charge in [-0.2, -0.15) is 0 Å². The summed E-state index contributed by atoms with van der Waals surface area (Å²) in [5.74, 6) is 0. The van der Waals surface area contributed by atoms with E-state index in [0.717, 1.165) is 31.2 Å². The zero-order valence-electron chi connectivity index (χ0n) is 20.7. The molecule has 2 rings (SSSR count). The number of carbonyl (C=O) groups is 2. The van der Waals surface area contributed by atoms with Crippen LogP contribution in [0.5, 0.6) is 0 Å². The molecule has 4 nitrogen and oxygen atoms in total. The van der Waals surface area contributed by atoms with Crippen LogP contribution in [0.4, 0.5) is 10.5 Å². The molecule has 2 aromatic rings. The molecule has 0 aliphatic carbocycles. The number of unbranched alkanes of at least 4 members (excludes halogenated alkanes) is 8. The lowest BCUT2D eigenvalue weighted by molar-refractivity contribution is 0.108. The molecule has 0 atom stereocenters. The number of nitrogens with zero attached hydrogens (tertiary/aromatic N) is 1. The SMILES string of the molecule is C=CCCCCCCCCC=CCCCN(C(=O)OCc1ccccc1)c1ccccc1C(=O)Cl. The molecule has 0 spiro atoms. The van der Waals surface area contributed by atoms with Crippen LogP contribution in [-0.4, -0.2) is 17.9 Å². The second-order valence-corrected chi connectivity index (χ2v) is 8.93. The second-order valence-electron chi connectivity index (χ2n) is 8.58. The van der Waals surface area contributed by atoms with Gasteiger partial charge in [0, 0.05) is 6.54 Å². The third kappa shape index (κ3) is 11.4. The van der Waals surface area contributed by atoms with Gasteiger partial charge in [0.25, 0.3) is 5.24 Å². The summed E-state index contributed by atoms with van der Waals surface area (Å²) in [6, 6.07) is 16.4. The molecular weight excluding hydrogens is 458 g/mol. The molecule has 0 aromatic heterocycles. The number of amides is 1. The Morgan fingerprint density at radius 3 is 2.09 bits per heavy atom. The number of hydrogen-bond acceptors (Lipinski definition) is 3. The zero-order valence-corrected chi connectivity index (χ0v) is 21.4. The normalized spacial score (nSPS) is 10.9. The summed E-state index contributed by atoms with van der Waals surface area (Å²) in [4.78, 5) is 26.4. The van der Waals surface area contributed by atoms with Gasteiger partial charge in [-0.25, -0.2) is 4.79 Å². The molecule has 2 aromatic carbocycles. The van der Waals surface area contributed by atoms with Gasteiger partial charge in [-0.15, -0.1) is 6.58 Å². The van der Waals surface area contributed by atoms with Crippen LogP contribution < -0.4 is 4.90 Å². The monoisotopic (exact) mass is 495 g/mol. The van der Waals surface area contributed by atoms with E-state index in [0.29, 0.717) is 17.8 Å². The molecule has 1 amide bonds. The molecule has 0 N–H and O–H groups in total. The van der Waals surface area contributed by atoms with Crippen molar-refractivity contribution in [1.29, 1.82) is 0 Å². The number of benzene rings is 2. The van der Waals surface area contributed by atoms with Crippen molar-refractivity contribution in [3.05, 3.63) is 90.5 Å². The van der Waals surface area contributed by atoms with Crippen LogP contribution >= 0.6 is 11.6 Å². The van der Waals surface area contributed by atoms with Crippen LogP contribution in [0, 0.1) is 0 Å². The van der Waals surface area contributed by atoms with E-state index in [9.17, 15) is 9.59 Å². The predicted molar refractivity (Wildman–Crippen MR) is 146 cm³/mol. The van der Waals surface area contributed by atoms with Gasteiger partial charge < -0.3 is 4.74 Å². The Labute approximate surface area is 215 Å². The van der Waals surface area contributed by atoms with Gasteiger partial charge >= 0.3 is 6.09 Å². The summed E-state index contributed by atoms with van der Waals surface area (Å²) in [5, 5.41) is -0.595. The van der Waals surface area contributed by atoms with Crippen molar-refractivity contribution in [2.75, 3.05) is 11.4 Å². The van der Waals surface area contributed by atoms with E-state index < -0.39 is 11.3 Å². The maximum absolute atomic E-state index is 13.0. The van der Waals surface area contributed by atoms with E-state index in [1.807, 2.05) is 36.4 Å². The van der Waals surface area contributed by atoms with Crippen LogP contribution in [0.1, 0.15) is 80.1 Å². The summed E-state index contributed by atoms with van der Waals surface area (Å²) < 4.78 is 5.55. The largest absolute Gasteiger partial charge is 0.444 e. The minimum Gasteiger partial charge on any atom is -0.444 e. The Kier molecular flexibility index (Phi) is 14.2. The maximum Gasteiger partial charge on any atom is 0.414 e. The van der Waals surface area contributed by atoms with Crippen LogP contribution in [-0.2, 0) is 11.3 Å². The Morgan fingerprint density at radius 2 is 1.40 bits per heavy atom. The van der Waals surface area contributed by atoms with Crippen molar-refractivity contribution in [2.45, 2.75) is 70.8 Å². The van der Waals surface area contributed by atoms with Gasteiger partial charge in [-0.05, 0) is 67.8 Å². The molecular formula is C30H38ClNO3. The Hall–Kier alpha value is -2.85. The summed E-state index contributed by atoms with van der Waals surface area (Å²) in [5.41, 5.74) is 1.68. The van der Waals surface area contributed by atoms with Crippen LogP contribution in [0.2, 0.25) is 0 Å². The van der Waals surface area contributed by atoms with Gasteiger partial charge in [0.2, 0.25) is 0 Å². The number of allylic oxidation sites excluding steroid dienone is 3. The fourth-order valence-electron chi connectivity index (χ4n) is 3.84. The van der Waals surface area contributed by atoms with Crippen LogP contribution in [0.3, 0.4) is 0 Å². The first-order valence-corrected chi connectivity index (χ1v) is 13.0. The average molecular weight is 496 g/mol. The number of hydrogen-bond donors (Lipinski definition) is 0. The van der Waals surface area contributed by atoms with Crippen molar-refractivity contribution >= 4 is 28.6 Å². The fraction of sp³-hybridized carbons (Fsp3) is 0.400. The number of halogens is 1. The summed E-state index contributed by atoms with van der Waals surface area (Å²) in [7, 11) is 0. The molecule has 0 saturated heterocycles. The summed E-state index contributed by atoms with van der Waals surface area (Å²) in [6.07, 6.45) is 17.3. The number of anilines is 1. The summed E-state index contributed by atoms with van der Waals surface area (Å²) in [6.45, 7) is 4.36. The highest BCUT2D eigenvalue weighted by Crippen LogP contribution is 2.24. The number of rotatable bonds is 17. The topological polar surface area (TPSA) is 46.6 Å². The first-order valence-electron chi connectivity index (χ1n) is 12.7. The Bertz CT molecular complexity index is 926. The van der Waals surface area contributed by atoms with Crippen molar-refractivity contribution < 1.29 is 14.3 Å². The third-order valence-electron chi connectivity index (χ3n) is 5.78. The van der Waals surface area contributed by atoms with E-state index in [-0.39, 0.29) is 6.61 Å². The number of para-hydroxylation sites is 1. The van der Waals surface area contributed by atoms with Gasteiger partial charge in [0.1, 0.15) is 6.61 Å². The van der Waals surface area contributed by atoms with Crippen molar-refractivity contribution in [2.24, 2.45) is 0 Å². The lowest BCUT2D eigenvalue weighted by atomic mass is 10.1.